The third kappa shape index (κ3) is 3.04. The van der Waals surface area contributed by atoms with Gasteiger partial charge in [0.1, 0.15) is 5.60 Å². The monoisotopic (exact) mass is 327 g/mol. The standard InChI is InChI=1S/C16H16F3NO3/c17-16(18,19)6-5-13(21)20-9-7-15(8-10-20)12-4-2-1-3-11(12)14(22)23-15/h1-4H,5-10H2. The molecule has 2 aliphatic heterocycles. The number of halogens is 3. The van der Waals surface area contributed by atoms with Gasteiger partial charge in [-0.25, -0.2) is 4.79 Å². The van der Waals surface area contributed by atoms with Crippen molar-refractivity contribution >= 4 is 11.9 Å². The molecule has 2 heterocycles. The number of rotatable bonds is 2. The first-order valence-electron chi connectivity index (χ1n) is 7.48. The van der Waals surface area contributed by atoms with Crippen LogP contribution in [0, 0.1) is 0 Å². The molecule has 1 aromatic rings. The van der Waals surface area contributed by atoms with Crippen molar-refractivity contribution in [1.29, 1.82) is 0 Å². The molecule has 1 aromatic carbocycles. The highest BCUT2D eigenvalue weighted by Crippen LogP contribution is 2.44. The van der Waals surface area contributed by atoms with Crippen molar-refractivity contribution in [3.63, 3.8) is 0 Å². The van der Waals surface area contributed by atoms with E-state index in [-0.39, 0.29) is 19.1 Å². The summed E-state index contributed by atoms with van der Waals surface area (Å²) in [5, 5.41) is 0. The topological polar surface area (TPSA) is 46.6 Å². The van der Waals surface area contributed by atoms with E-state index in [4.69, 9.17) is 4.74 Å². The molecular weight excluding hydrogens is 311 g/mol. The third-order valence-corrected chi connectivity index (χ3v) is 4.47. The zero-order chi connectivity index (χ0) is 16.7. The Hall–Kier alpha value is -2.05. The zero-order valence-corrected chi connectivity index (χ0v) is 12.4. The third-order valence-electron chi connectivity index (χ3n) is 4.47. The fourth-order valence-corrected chi connectivity index (χ4v) is 3.24. The van der Waals surface area contributed by atoms with Crippen LogP contribution in [-0.2, 0) is 15.1 Å². The highest BCUT2D eigenvalue weighted by Gasteiger charge is 2.47. The van der Waals surface area contributed by atoms with Gasteiger partial charge in [-0.3, -0.25) is 4.79 Å². The fourth-order valence-electron chi connectivity index (χ4n) is 3.24. The number of hydrogen-bond donors (Lipinski definition) is 0. The van der Waals surface area contributed by atoms with E-state index >= 15 is 0 Å². The van der Waals surface area contributed by atoms with Gasteiger partial charge < -0.3 is 9.64 Å². The molecular formula is C16H16F3NO3. The molecule has 0 bridgehead atoms. The Kier molecular flexibility index (Phi) is 3.82. The smallest absolute Gasteiger partial charge is 0.389 e. The normalized spacial score (nSPS) is 19.6. The predicted molar refractivity (Wildman–Crippen MR) is 74.6 cm³/mol. The van der Waals surface area contributed by atoms with Crippen LogP contribution in [0.3, 0.4) is 0 Å². The Morgan fingerprint density at radius 3 is 2.52 bits per heavy atom. The van der Waals surface area contributed by atoms with Gasteiger partial charge in [0.15, 0.2) is 0 Å². The minimum atomic E-state index is -4.33. The number of carbonyl (C=O) groups excluding carboxylic acids is 2. The summed E-state index contributed by atoms with van der Waals surface area (Å²) in [5.74, 6) is -0.882. The molecule has 4 nitrogen and oxygen atoms in total. The van der Waals surface area contributed by atoms with Crippen LogP contribution in [0.5, 0.6) is 0 Å². The van der Waals surface area contributed by atoms with Gasteiger partial charge in [0.25, 0.3) is 0 Å². The van der Waals surface area contributed by atoms with Crippen molar-refractivity contribution in [1.82, 2.24) is 4.90 Å². The fraction of sp³-hybridized carbons (Fsp3) is 0.500. The molecule has 7 heteroatoms. The molecule has 1 spiro atoms. The number of fused-ring (bicyclic) bond motifs is 2. The number of carbonyl (C=O) groups is 2. The number of piperidine rings is 1. The van der Waals surface area contributed by atoms with E-state index in [0.717, 1.165) is 5.56 Å². The molecule has 23 heavy (non-hydrogen) atoms. The van der Waals surface area contributed by atoms with Gasteiger partial charge in [-0.2, -0.15) is 13.2 Å². The molecule has 1 saturated heterocycles. The molecule has 0 unspecified atom stereocenters. The van der Waals surface area contributed by atoms with Crippen molar-refractivity contribution in [2.75, 3.05) is 13.1 Å². The second-order valence-corrected chi connectivity index (χ2v) is 5.93. The number of nitrogens with zero attached hydrogens (tertiary/aromatic N) is 1. The maximum atomic E-state index is 12.2. The average Bonchev–Trinajstić information content (AvgIpc) is 2.78. The quantitative estimate of drug-likeness (QED) is 0.785. The lowest BCUT2D eigenvalue weighted by Crippen LogP contribution is -2.45. The minimum Gasteiger partial charge on any atom is -0.450 e. The molecule has 3 rings (SSSR count). The van der Waals surface area contributed by atoms with Crippen molar-refractivity contribution in [2.24, 2.45) is 0 Å². The molecule has 0 aromatic heterocycles. The van der Waals surface area contributed by atoms with Gasteiger partial charge in [0.05, 0.1) is 12.0 Å². The Morgan fingerprint density at radius 2 is 1.87 bits per heavy atom. The summed E-state index contributed by atoms with van der Waals surface area (Å²) < 4.78 is 42.2. The summed E-state index contributed by atoms with van der Waals surface area (Å²) >= 11 is 0. The van der Waals surface area contributed by atoms with Gasteiger partial charge in [0, 0.05) is 37.9 Å². The van der Waals surface area contributed by atoms with E-state index in [9.17, 15) is 22.8 Å². The summed E-state index contributed by atoms with van der Waals surface area (Å²) in [7, 11) is 0. The maximum absolute atomic E-state index is 12.2. The van der Waals surface area contributed by atoms with Crippen LogP contribution in [-0.4, -0.2) is 36.0 Å². The maximum Gasteiger partial charge on any atom is 0.389 e. The second kappa shape index (κ2) is 5.54. The summed E-state index contributed by atoms with van der Waals surface area (Å²) in [6.45, 7) is 0.580. The first-order valence-corrected chi connectivity index (χ1v) is 7.48. The molecule has 0 atom stereocenters. The molecule has 0 aliphatic carbocycles. The van der Waals surface area contributed by atoms with Gasteiger partial charge in [-0.15, -0.1) is 0 Å². The van der Waals surface area contributed by atoms with Crippen LogP contribution in [0.2, 0.25) is 0 Å². The highest BCUT2D eigenvalue weighted by atomic mass is 19.4. The Bertz CT molecular complexity index is 634. The first kappa shape index (κ1) is 15.8. The Morgan fingerprint density at radius 1 is 1.22 bits per heavy atom. The van der Waals surface area contributed by atoms with Crippen molar-refractivity contribution in [3.8, 4) is 0 Å². The number of benzene rings is 1. The molecule has 1 fully saturated rings. The number of hydrogen-bond acceptors (Lipinski definition) is 3. The molecule has 1 amide bonds. The van der Waals surface area contributed by atoms with Crippen LogP contribution in [0.15, 0.2) is 24.3 Å². The number of alkyl halides is 3. The van der Waals surface area contributed by atoms with Crippen molar-refractivity contribution in [3.05, 3.63) is 35.4 Å². The van der Waals surface area contributed by atoms with E-state index in [2.05, 4.69) is 0 Å². The van der Waals surface area contributed by atoms with Crippen LogP contribution < -0.4 is 0 Å². The summed E-state index contributed by atoms with van der Waals surface area (Å²) in [4.78, 5) is 25.2. The summed E-state index contributed by atoms with van der Waals surface area (Å²) in [5.41, 5.74) is 0.603. The van der Waals surface area contributed by atoms with E-state index in [1.807, 2.05) is 12.1 Å². The SMILES string of the molecule is O=C1OC2(CCN(C(=O)CCC(F)(F)F)CC2)c2ccccc21. The van der Waals surface area contributed by atoms with E-state index in [1.54, 1.807) is 12.1 Å². The minimum absolute atomic E-state index is 0.290. The Labute approximate surface area is 131 Å². The van der Waals surface area contributed by atoms with E-state index < -0.39 is 30.5 Å². The lowest BCUT2D eigenvalue weighted by Gasteiger charge is -2.38. The van der Waals surface area contributed by atoms with Gasteiger partial charge in [-0.1, -0.05) is 18.2 Å². The first-order chi connectivity index (χ1) is 10.8. The van der Waals surface area contributed by atoms with Gasteiger partial charge in [-0.05, 0) is 6.07 Å². The summed E-state index contributed by atoms with van der Waals surface area (Å²) in [6.07, 6.45) is -5.15. The predicted octanol–water partition coefficient (Wildman–Crippen LogP) is 3.02. The van der Waals surface area contributed by atoms with Crippen molar-refractivity contribution < 1.29 is 27.5 Å². The van der Waals surface area contributed by atoms with Crippen molar-refractivity contribution in [2.45, 2.75) is 37.5 Å². The molecule has 0 saturated carbocycles. The van der Waals surface area contributed by atoms with Gasteiger partial charge in [0.2, 0.25) is 5.91 Å². The van der Waals surface area contributed by atoms with Crippen LogP contribution in [0.1, 0.15) is 41.6 Å². The zero-order valence-electron chi connectivity index (χ0n) is 12.4. The number of likely N-dealkylation sites (tertiary alicyclic amines) is 1. The molecule has 124 valence electrons. The second-order valence-electron chi connectivity index (χ2n) is 5.93. The number of amides is 1. The lowest BCUT2D eigenvalue weighted by atomic mass is 9.83. The largest absolute Gasteiger partial charge is 0.450 e. The van der Waals surface area contributed by atoms with Crippen LogP contribution in [0.25, 0.3) is 0 Å². The molecule has 2 aliphatic rings. The Balaban J connectivity index is 1.65. The summed E-state index contributed by atoms with van der Waals surface area (Å²) in [6, 6.07) is 7.12. The van der Waals surface area contributed by atoms with Gasteiger partial charge >= 0.3 is 12.1 Å². The molecule has 0 N–H and O–H groups in total. The highest BCUT2D eigenvalue weighted by molar-refractivity contribution is 5.94. The van der Waals surface area contributed by atoms with E-state index in [0.29, 0.717) is 18.4 Å². The van der Waals surface area contributed by atoms with E-state index in [1.165, 1.54) is 4.90 Å². The number of ether oxygens (including phenoxy) is 1. The molecule has 0 radical (unpaired) electrons. The lowest BCUT2D eigenvalue weighted by molar-refractivity contribution is -0.151. The average molecular weight is 327 g/mol. The number of esters is 1. The van der Waals surface area contributed by atoms with Crippen LogP contribution >= 0.6 is 0 Å². The van der Waals surface area contributed by atoms with Crippen LogP contribution in [0.4, 0.5) is 13.2 Å².